The second-order valence-electron chi connectivity index (χ2n) is 8.01. The fourth-order valence-electron chi connectivity index (χ4n) is 3.57. The monoisotopic (exact) mass is 472 g/mol. The third kappa shape index (κ3) is 6.41. The lowest BCUT2D eigenvalue weighted by Gasteiger charge is -2.20. The number of oxazole rings is 1. The summed E-state index contributed by atoms with van der Waals surface area (Å²) >= 11 is 0. The highest BCUT2D eigenvalue weighted by Gasteiger charge is 2.15. The van der Waals surface area contributed by atoms with Crippen molar-refractivity contribution in [1.29, 1.82) is 0 Å². The van der Waals surface area contributed by atoms with Crippen LogP contribution < -0.4 is 9.47 Å². The molecule has 0 saturated heterocycles. The number of rotatable bonds is 9. The Morgan fingerprint density at radius 1 is 1.00 bits per heavy atom. The molecule has 0 radical (unpaired) electrons. The second-order valence-corrected chi connectivity index (χ2v) is 8.01. The van der Waals surface area contributed by atoms with Gasteiger partial charge in [-0.05, 0) is 67.9 Å². The summed E-state index contributed by atoms with van der Waals surface area (Å²) in [4.78, 5) is 18.8. The normalized spacial score (nSPS) is 10.7. The summed E-state index contributed by atoms with van der Waals surface area (Å²) in [5.41, 5.74) is 2.74. The first-order valence-corrected chi connectivity index (χ1v) is 11.5. The van der Waals surface area contributed by atoms with Crippen molar-refractivity contribution in [3.05, 3.63) is 95.9 Å². The number of amides is 1. The van der Waals surface area contributed by atoms with Crippen LogP contribution in [0.15, 0.2) is 83.3 Å². The Hall–Kier alpha value is -4.26. The minimum Gasteiger partial charge on any atom is -0.508 e. The first kappa shape index (κ1) is 23.9. The van der Waals surface area contributed by atoms with Gasteiger partial charge in [0.15, 0.2) is 0 Å². The number of nitrogens with zero attached hydrogens (tertiary/aromatic N) is 2. The van der Waals surface area contributed by atoms with Crippen LogP contribution in [-0.4, -0.2) is 34.2 Å². The molecule has 0 saturated carbocycles. The van der Waals surface area contributed by atoms with Crippen LogP contribution in [0.2, 0.25) is 0 Å². The summed E-state index contributed by atoms with van der Waals surface area (Å²) < 4.78 is 17.2. The molecule has 0 spiro atoms. The number of ether oxygens (including phenoxy) is 2. The molecule has 1 amide bonds. The largest absolute Gasteiger partial charge is 0.508 e. The van der Waals surface area contributed by atoms with E-state index in [9.17, 15) is 9.90 Å². The quantitative estimate of drug-likeness (QED) is 0.322. The number of hydrogen-bond donors (Lipinski definition) is 1. The first-order chi connectivity index (χ1) is 17.0. The number of aryl methyl sites for hydroxylation is 1. The minimum absolute atomic E-state index is 0.115. The average Bonchev–Trinajstić information content (AvgIpc) is 3.25. The molecule has 4 aromatic rings. The number of phenolic OH excluding ortho intramolecular Hbond substituents is 1. The van der Waals surface area contributed by atoms with Gasteiger partial charge in [-0.3, -0.25) is 0 Å². The molecule has 3 aromatic carbocycles. The van der Waals surface area contributed by atoms with E-state index in [4.69, 9.17) is 13.9 Å². The van der Waals surface area contributed by atoms with E-state index in [1.807, 2.05) is 68.4 Å². The number of phenols is 1. The highest BCUT2D eigenvalue weighted by atomic mass is 16.6. The molecule has 0 aliphatic rings. The maximum Gasteiger partial charge on any atom is 0.415 e. The van der Waals surface area contributed by atoms with E-state index < -0.39 is 6.09 Å². The zero-order valence-corrected chi connectivity index (χ0v) is 19.8. The van der Waals surface area contributed by atoms with Crippen molar-refractivity contribution in [2.45, 2.75) is 26.8 Å². The third-order valence-corrected chi connectivity index (χ3v) is 5.47. The summed E-state index contributed by atoms with van der Waals surface area (Å²) in [6.07, 6.45) is 0.159. The van der Waals surface area contributed by atoms with Crippen molar-refractivity contribution < 1.29 is 23.8 Å². The van der Waals surface area contributed by atoms with Gasteiger partial charge in [0.05, 0.1) is 12.3 Å². The number of benzene rings is 3. The maximum absolute atomic E-state index is 12.6. The van der Waals surface area contributed by atoms with Gasteiger partial charge in [0.25, 0.3) is 0 Å². The van der Waals surface area contributed by atoms with Crippen molar-refractivity contribution in [1.82, 2.24) is 9.88 Å². The predicted molar refractivity (Wildman–Crippen MR) is 133 cm³/mol. The molecule has 0 aliphatic heterocycles. The molecule has 0 fully saturated rings. The third-order valence-electron chi connectivity index (χ3n) is 5.47. The molecule has 0 bridgehead atoms. The van der Waals surface area contributed by atoms with Crippen molar-refractivity contribution in [3.8, 4) is 28.7 Å². The molecule has 1 N–H and O–H groups in total. The van der Waals surface area contributed by atoms with E-state index in [1.165, 1.54) is 12.1 Å². The first-order valence-electron chi connectivity index (χ1n) is 11.5. The molecular weight excluding hydrogens is 444 g/mol. The van der Waals surface area contributed by atoms with Crippen molar-refractivity contribution in [2.24, 2.45) is 0 Å². The molecule has 7 nitrogen and oxygen atoms in total. The van der Waals surface area contributed by atoms with Crippen LogP contribution in [0, 0.1) is 6.92 Å². The van der Waals surface area contributed by atoms with Crippen LogP contribution in [-0.2, 0) is 13.0 Å². The molecule has 1 aromatic heterocycles. The number of carbonyl (C=O) groups is 1. The predicted octanol–water partition coefficient (Wildman–Crippen LogP) is 6.00. The molecule has 180 valence electrons. The maximum atomic E-state index is 12.6. The summed E-state index contributed by atoms with van der Waals surface area (Å²) in [6.45, 7) is 5.12. The second kappa shape index (κ2) is 11.2. The molecule has 0 unspecified atom stereocenters. The summed E-state index contributed by atoms with van der Waals surface area (Å²) in [5, 5.41) is 9.38. The van der Waals surface area contributed by atoms with Gasteiger partial charge >= 0.3 is 6.09 Å². The summed E-state index contributed by atoms with van der Waals surface area (Å²) in [7, 11) is 0. The van der Waals surface area contributed by atoms with Crippen LogP contribution in [0.3, 0.4) is 0 Å². The Morgan fingerprint density at radius 2 is 1.77 bits per heavy atom. The van der Waals surface area contributed by atoms with Gasteiger partial charge in [0.1, 0.15) is 23.0 Å². The molecule has 0 aliphatic carbocycles. The van der Waals surface area contributed by atoms with E-state index in [-0.39, 0.29) is 5.75 Å². The lowest BCUT2D eigenvalue weighted by atomic mass is 10.2. The average molecular weight is 473 g/mol. The van der Waals surface area contributed by atoms with Gasteiger partial charge in [-0.2, -0.15) is 0 Å². The Balaban J connectivity index is 1.33. The Labute approximate surface area is 204 Å². The lowest BCUT2D eigenvalue weighted by Crippen LogP contribution is -2.32. The van der Waals surface area contributed by atoms with Crippen LogP contribution in [0.5, 0.6) is 17.2 Å². The van der Waals surface area contributed by atoms with Gasteiger partial charge in [-0.1, -0.05) is 30.3 Å². The topological polar surface area (TPSA) is 85.0 Å². The molecule has 1 heterocycles. The number of carbonyl (C=O) groups excluding carboxylic acids is 1. The standard InChI is InChI=1S/C28H28N2O5/c1-3-30(28(32)35-24-14-12-23(31)13-15-24)19-21-8-7-11-25(18-21)33-17-16-26-20(2)34-27(29-26)22-9-5-4-6-10-22/h4-15,18,31H,3,16-17,19H2,1-2H3. The molecule has 7 heteroatoms. The van der Waals surface area contributed by atoms with E-state index in [0.717, 1.165) is 28.3 Å². The molecule has 4 rings (SSSR count). The van der Waals surface area contributed by atoms with E-state index >= 15 is 0 Å². The van der Waals surface area contributed by atoms with Gasteiger partial charge in [0, 0.05) is 25.1 Å². The smallest absolute Gasteiger partial charge is 0.415 e. The fraction of sp³-hybridized carbons (Fsp3) is 0.214. The Bertz CT molecular complexity index is 1250. The highest BCUT2D eigenvalue weighted by Crippen LogP contribution is 2.22. The molecule has 0 atom stereocenters. The minimum atomic E-state index is -0.458. The SMILES string of the molecule is CCN(Cc1cccc(OCCc2nc(-c3ccccc3)oc2C)c1)C(=O)Oc1ccc(O)cc1. The molecular formula is C28H28N2O5. The van der Waals surface area contributed by atoms with Gasteiger partial charge in [-0.25, -0.2) is 9.78 Å². The van der Waals surface area contributed by atoms with E-state index in [1.54, 1.807) is 17.0 Å². The highest BCUT2D eigenvalue weighted by molar-refractivity contribution is 5.70. The van der Waals surface area contributed by atoms with Crippen molar-refractivity contribution in [3.63, 3.8) is 0 Å². The van der Waals surface area contributed by atoms with Gasteiger partial charge in [0.2, 0.25) is 5.89 Å². The van der Waals surface area contributed by atoms with Crippen molar-refractivity contribution in [2.75, 3.05) is 13.2 Å². The van der Waals surface area contributed by atoms with E-state index in [2.05, 4.69) is 4.98 Å². The zero-order valence-electron chi connectivity index (χ0n) is 19.8. The van der Waals surface area contributed by atoms with E-state index in [0.29, 0.717) is 37.8 Å². The molecule has 35 heavy (non-hydrogen) atoms. The number of hydrogen-bond acceptors (Lipinski definition) is 6. The fourth-order valence-corrected chi connectivity index (χ4v) is 3.57. The number of aromatic hydroxyl groups is 1. The van der Waals surface area contributed by atoms with Crippen LogP contribution in [0.1, 0.15) is 23.9 Å². The number of aromatic nitrogens is 1. The van der Waals surface area contributed by atoms with Gasteiger partial charge in [-0.15, -0.1) is 0 Å². The summed E-state index contributed by atoms with van der Waals surface area (Å²) in [6, 6.07) is 23.5. The Kier molecular flexibility index (Phi) is 7.67. The van der Waals surface area contributed by atoms with Crippen LogP contribution in [0.4, 0.5) is 4.79 Å². The van der Waals surface area contributed by atoms with Crippen molar-refractivity contribution >= 4 is 6.09 Å². The van der Waals surface area contributed by atoms with Crippen LogP contribution >= 0.6 is 0 Å². The summed E-state index contributed by atoms with van der Waals surface area (Å²) in [5.74, 6) is 2.60. The zero-order chi connectivity index (χ0) is 24.6. The Morgan fingerprint density at radius 3 is 2.51 bits per heavy atom. The lowest BCUT2D eigenvalue weighted by molar-refractivity contribution is 0.152. The van der Waals surface area contributed by atoms with Crippen LogP contribution in [0.25, 0.3) is 11.5 Å². The van der Waals surface area contributed by atoms with Gasteiger partial charge < -0.3 is 23.9 Å².